The lowest BCUT2D eigenvalue weighted by atomic mass is 10.1. The summed E-state index contributed by atoms with van der Waals surface area (Å²) in [6, 6.07) is 10.3. The maximum Gasteiger partial charge on any atom is 0.354 e. The number of ether oxygens (including phenoxy) is 3. The molecule has 0 unspecified atom stereocenters. The molecule has 0 atom stereocenters. The van der Waals surface area contributed by atoms with Crippen molar-refractivity contribution in [3.8, 4) is 11.5 Å². The number of non-ortho nitro benzene ring substituents is 1. The Balaban J connectivity index is 1.87. The maximum atomic E-state index is 12.6. The van der Waals surface area contributed by atoms with E-state index in [-0.39, 0.29) is 36.3 Å². The fourth-order valence-electron chi connectivity index (χ4n) is 2.59. The molecule has 30 heavy (non-hydrogen) atoms. The standard InChI is InChI=1S/C21H20N2O7/c1-13(2)11-28-21(25)17(8-14-6-7-18-19(9-14)30-12-29-18)22-20(24)15-4-3-5-16(10-15)23(26)27/h3-10,13H,11-12H2,1-2H3,(H,22,24)/b17-8-. The first kappa shape index (κ1) is 20.8. The molecule has 0 saturated heterocycles. The van der Waals surface area contributed by atoms with Gasteiger partial charge in [0.2, 0.25) is 6.79 Å². The lowest BCUT2D eigenvalue weighted by molar-refractivity contribution is -0.384. The summed E-state index contributed by atoms with van der Waals surface area (Å²) in [5.74, 6) is -0.194. The topological polar surface area (TPSA) is 117 Å². The van der Waals surface area contributed by atoms with E-state index in [4.69, 9.17) is 14.2 Å². The number of benzene rings is 2. The van der Waals surface area contributed by atoms with Crippen molar-refractivity contribution in [1.82, 2.24) is 5.32 Å². The van der Waals surface area contributed by atoms with Gasteiger partial charge in [-0.1, -0.05) is 26.0 Å². The van der Waals surface area contributed by atoms with Gasteiger partial charge in [0.05, 0.1) is 11.5 Å². The van der Waals surface area contributed by atoms with Crippen molar-refractivity contribution in [1.29, 1.82) is 0 Å². The van der Waals surface area contributed by atoms with Crippen LogP contribution in [-0.4, -0.2) is 30.2 Å². The third-order valence-corrected chi connectivity index (χ3v) is 4.04. The second-order valence-corrected chi connectivity index (χ2v) is 6.92. The molecular weight excluding hydrogens is 392 g/mol. The van der Waals surface area contributed by atoms with Crippen LogP contribution in [0.1, 0.15) is 29.8 Å². The second-order valence-electron chi connectivity index (χ2n) is 6.92. The summed E-state index contributed by atoms with van der Waals surface area (Å²) in [6.07, 6.45) is 1.44. The molecule has 9 heteroatoms. The summed E-state index contributed by atoms with van der Waals surface area (Å²) in [5.41, 5.74) is 0.282. The van der Waals surface area contributed by atoms with E-state index in [1.165, 1.54) is 24.3 Å². The van der Waals surface area contributed by atoms with Gasteiger partial charge < -0.3 is 19.5 Å². The lowest BCUT2D eigenvalue weighted by Gasteiger charge is -2.12. The molecule has 1 amide bonds. The fourth-order valence-corrected chi connectivity index (χ4v) is 2.59. The SMILES string of the molecule is CC(C)COC(=O)/C(=C/c1ccc2c(c1)OCO2)NC(=O)c1cccc([N+](=O)[O-])c1. The van der Waals surface area contributed by atoms with Gasteiger partial charge in [0.1, 0.15) is 5.70 Å². The van der Waals surface area contributed by atoms with E-state index in [1.807, 2.05) is 13.8 Å². The van der Waals surface area contributed by atoms with Crippen molar-refractivity contribution < 1.29 is 28.7 Å². The van der Waals surface area contributed by atoms with Gasteiger partial charge >= 0.3 is 5.97 Å². The van der Waals surface area contributed by atoms with Gasteiger partial charge in [-0.25, -0.2) is 4.79 Å². The lowest BCUT2D eigenvalue weighted by Crippen LogP contribution is -2.29. The number of nitrogens with one attached hydrogen (secondary N) is 1. The van der Waals surface area contributed by atoms with E-state index in [1.54, 1.807) is 18.2 Å². The first-order chi connectivity index (χ1) is 14.3. The van der Waals surface area contributed by atoms with Gasteiger partial charge in [0, 0.05) is 17.7 Å². The molecule has 0 spiro atoms. The molecule has 1 N–H and O–H groups in total. The van der Waals surface area contributed by atoms with Crippen LogP contribution < -0.4 is 14.8 Å². The fraction of sp³-hybridized carbons (Fsp3) is 0.238. The summed E-state index contributed by atoms with van der Waals surface area (Å²) in [5, 5.41) is 13.4. The van der Waals surface area contributed by atoms with Crippen LogP contribution in [0, 0.1) is 16.0 Å². The third kappa shape index (κ3) is 5.13. The number of nitrogens with zero attached hydrogens (tertiary/aromatic N) is 1. The second kappa shape index (κ2) is 9.08. The maximum absolute atomic E-state index is 12.6. The first-order valence-electron chi connectivity index (χ1n) is 9.18. The summed E-state index contributed by atoms with van der Waals surface area (Å²) in [4.78, 5) is 35.5. The number of amides is 1. The van der Waals surface area contributed by atoms with Crippen LogP contribution in [0.15, 0.2) is 48.2 Å². The first-order valence-corrected chi connectivity index (χ1v) is 9.18. The Hall–Kier alpha value is -3.88. The molecule has 1 aliphatic rings. The van der Waals surface area contributed by atoms with Crippen molar-refractivity contribution in [2.45, 2.75) is 13.8 Å². The number of hydrogen-bond donors (Lipinski definition) is 1. The molecule has 3 rings (SSSR count). The molecule has 0 saturated carbocycles. The Morgan fingerprint density at radius 2 is 1.97 bits per heavy atom. The van der Waals surface area contributed by atoms with Gasteiger partial charge in [0.25, 0.3) is 11.6 Å². The Kier molecular flexibility index (Phi) is 6.31. The van der Waals surface area contributed by atoms with Gasteiger partial charge in [0.15, 0.2) is 11.5 Å². The Labute approximate surface area is 172 Å². The highest BCUT2D eigenvalue weighted by Gasteiger charge is 2.19. The summed E-state index contributed by atoms with van der Waals surface area (Å²) in [6.45, 7) is 4.05. The molecule has 2 aromatic carbocycles. The molecule has 1 heterocycles. The van der Waals surface area contributed by atoms with E-state index in [9.17, 15) is 19.7 Å². The average Bonchev–Trinajstić information content (AvgIpc) is 3.19. The molecule has 0 fully saturated rings. The molecule has 9 nitrogen and oxygen atoms in total. The third-order valence-electron chi connectivity index (χ3n) is 4.04. The van der Waals surface area contributed by atoms with Crippen LogP contribution in [0.3, 0.4) is 0 Å². The van der Waals surface area contributed by atoms with Crippen molar-refractivity contribution in [3.05, 3.63) is 69.4 Å². The number of nitro groups is 1. The molecule has 156 valence electrons. The number of rotatable bonds is 7. The average molecular weight is 412 g/mol. The smallest absolute Gasteiger partial charge is 0.354 e. The van der Waals surface area contributed by atoms with Crippen LogP contribution in [0.2, 0.25) is 0 Å². The molecule has 0 bridgehead atoms. The zero-order chi connectivity index (χ0) is 21.7. The molecule has 0 radical (unpaired) electrons. The normalized spacial score (nSPS) is 12.6. The van der Waals surface area contributed by atoms with Crippen LogP contribution in [0.5, 0.6) is 11.5 Å². The van der Waals surface area contributed by atoms with E-state index in [0.717, 1.165) is 6.07 Å². The van der Waals surface area contributed by atoms with E-state index < -0.39 is 16.8 Å². The number of nitro benzene ring substituents is 1. The van der Waals surface area contributed by atoms with Crippen LogP contribution in [-0.2, 0) is 9.53 Å². The van der Waals surface area contributed by atoms with Crippen molar-refractivity contribution >= 4 is 23.6 Å². The van der Waals surface area contributed by atoms with Crippen LogP contribution >= 0.6 is 0 Å². The van der Waals surface area contributed by atoms with Crippen molar-refractivity contribution in [2.75, 3.05) is 13.4 Å². The summed E-state index contributed by atoms with van der Waals surface area (Å²) < 4.78 is 15.8. The van der Waals surface area contributed by atoms with Gasteiger partial charge in [-0.3, -0.25) is 14.9 Å². The molecule has 0 aliphatic carbocycles. The van der Waals surface area contributed by atoms with E-state index >= 15 is 0 Å². The van der Waals surface area contributed by atoms with Gasteiger partial charge in [-0.05, 0) is 35.8 Å². The van der Waals surface area contributed by atoms with Crippen LogP contribution in [0.25, 0.3) is 6.08 Å². The van der Waals surface area contributed by atoms with E-state index in [0.29, 0.717) is 17.1 Å². The van der Waals surface area contributed by atoms with Gasteiger partial charge in [-0.2, -0.15) is 0 Å². The number of esters is 1. The Morgan fingerprint density at radius 1 is 1.20 bits per heavy atom. The largest absolute Gasteiger partial charge is 0.461 e. The highest BCUT2D eigenvalue weighted by Crippen LogP contribution is 2.33. The van der Waals surface area contributed by atoms with E-state index in [2.05, 4.69) is 5.32 Å². The zero-order valence-electron chi connectivity index (χ0n) is 16.4. The minimum absolute atomic E-state index is 0.0393. The predicted octanol–water partition coefficient (Wildman–Crippen LogP) is 3.29. The number of carbonyl (C=O) groups is 2. The van der Waals surface area contributed by atoms with Crippen molar-refractivity contribution in [2.24, 2.45) is 5.92 Å². The molecular formula is C21H20N2O7. The summed E-state index contributed by atoms with van der Waals surface area (Å²) in [7, 11) is 0. The van der Waals surface area contributed by atoms with Gasteiger partial charge in [-0.15, -0.1) is 0 Å². The minimum atomic E-state index is -0.722. The molecule has 2 aromatic rings. The highest BCUT2D eigenvalue weighted by molar-refractivity contribution is 6.03. The monoisotopic (exact) mass is 412 g/mol. The number of fused-ring (bicyclic) bond motifs is 1. The molecule has 0 aromatic heterocycles. The quantitative estimate of drug-likeness (QED) is 0.321. The van der Waals surface area contributed by atoms with Crippen LogP contribution in [0.4, 0.5) is 5.69 Å². The zero-order valence-corrected chi connectivity index (χ0v) is 16.4. The number of hydrogen-bond acceptors (Lipinski definition) is 7. The summed E-state index contributed by atoms with van der Waals surface area (Å²) >= 11 is 0. The number of carbonyl (C=O) groups excluding carboxylic acids is 2. The van der Waals surface area contributed by atoms with Crippen molar-refractivity contribution in [3.63, 3.8) is 0 Å². The molecule has 1 aliphatic heterocycles. The Morgan fingerprint density at radius 3 is 2.70 bits per heavy atom. The predicted molar refractivity (Wildman–Crippen MR) is 107 cm³/mol. The highest BCUT2D eigenvalue weighted by atomic mass is 16.7. The Bertz CT molecular complexity index is 1010. The minimum Gasteiger partial charge on any atom is -0.461 e.